The molecular formula is C49H54O11. The van der Waals surface area contributed by atoms with Crippen LogP contribution in [0.15, 0.2) is 152 Å². The smallest absolute Gasteiger partial charge is 0.302 e. The number of rotatable bonds is 19. The van der Waals surface area contributed by atoms with E-state index >= 15 is 0 Å². The van der Waals surface area contributed by atoms with Crippen molar-refractivity contribution < 1.29 is 56.6 Å². The van der Waals surface area contributed by atoms with E-state index in [9.17, 15) is 12.6 Å². The predicted molar refractivity (Wildman–Crippen MR) is 222 cm³/mol. The van der Waals surface area contributed by atoms with Gasteiger partial charge in [-0.2, -0.15) is 0 Å². The van der Waals surface area contributed by atoms with Crippen LogP contribution in [0, 0.1) is 0 Å². The van der Waals surface area contributed by atoms with Gasteiger partial charge in [-0.3, -0.25) is 4.79 Å². The molecule has 11 nitrogen and oxygen atoms in total. The van der Waals surface area contributed by atoms with Crippen LogP contribution in [0.25, 0.3) is 0 Å². The Bertz CT molecular complexity index is 2090. The fourth-order valence-electron chi connectivity index (χ4n) is 7.10. The van der Waals surface area contributed by atoms with Gasteiger partial charge in [0.1, 0.15) is 49.3 Å². The molecule has 0 bridgehead atoms. The van der Waals surface area contributed by atoms with Crippen LogP contribution in [-0.4, -0.2) is 79.1 Å². The summed E-state index contributed by atoms with van der Waals surface area (Å²) in [5.41, 5.74) is 3.29. The molecule has 2 aliphatic rings. The molecule has 5 aromatic rings. The molecule has 1 N–H and O–H groups in total. The van der Waals surface area contributed by atoms with E-state index in [1.165, 1.54) is 6.92 Å². The van der Waals surface area contributed by atoms with Crippen LogP contribution < -0.4 is 0 Å². The van der Waals surface area contributed by atoms with Gasteiger partial charge in [-0.1, -0.05) is 152 Å². The lowest BCUT2D eigenvalue weighted by molar-refractivity contribution is -0.376. The predicted octanol–water partition coefficient (Wildman–Crippen LogP) is 7.32. The molecule has 4 unspecified atom stereocenters. The zero-order valence-corrected chi connectivity index (χ0v) is 33.6. The molecule has 316 valence electrons. The Morgan fingerprint density at radius 1 is 0.533 bits per heavy atom. The summed E-state index contributed by atoms with van der Waals surface area (Å²) in [7, 11) is 0. The quantitative estimate of drug-likeness (QED) is 0.0844. The van der Waals surface area contributed by atoms with Gasteiger partial charge in [-0.15, -0.1) is 0 Å². The van der Waals surface area contributed by atoms with E-state index in [4.69, 9.17) is 44.0 Å². The first-order valence-electron chi connectivity index (χ1n) is 21.8. The van der Waals surface area contributed by atoms with Crippen molar-refractivity contribution >= 4 is 5.97 Å². The average molecular weight is 822 g/mol. The Balaban J connectivity index is 1.29. The number of carbonyl (C=O) groups excluding carboxylic acids is 1. The summed E-state index contributed by atoms with van der Waals surface area (Å²) < 4.78 is 85.6. The fraction of sp³-hybridized carbons (Fsp3) is 0.367. The first-order chi connectivity index (χ1) is 30.6. The minimum atomic E-state index is -1.58. The molecule has 11 heteroatoms. The van der Waals surface area contributed by atoms with Gasteiger partial charge >= 0.3 is 5.97 Å². The summed E-state index contributed by atoms with van der Waals surface area (Å²) >= 11 is 0. The van der Waals surface area contributed by atoms with Crippen LogP contribution in [0.4, 0.5) is 0 Å². The first-order valence-corrected chi connectivity index (χ1v) is 20.1. The van der Waals surface area contributed by atoms with Crippen molar-refractivity contribution in [1.82, 2.24) is 0 Å². The number of benzene rings is 5. The normalized spacial score (nSPS) is 28.9. The highest BCUT2D eigenvalue weighted by molar-refractivity contribution is 5.65. The second-order valence-electron chi connectivity index (χ2n) is 14.6. The standard InChI is InChI=1S/C49H54O11/c1-34-42(53-28-36-18-8-3-9-19-36)44(55-30-38-22-12-5-13-23-38)46(48(51)58-34)60-49-47(57-32-40-26-16-7-17-27-40)45(56-31-39-24-14-6-15-25-39)43(41(59-49)33-52-35(2)50)54-29-37-20-10-4-11-21-37/h3-27,34,41-49,51H,28-33H2,1-2H3/t34-,41+,42-,43+,44+,45-,46+,47+,48+,49?/m0/s1/i29D,31D,32D/t29?,31?,32?,34-,41+,42-,43+,44+,45-,46+,47+,48+,49?. The van der Waals surface area contributed by atoms with Crippen molar-refractivity contribution in [2.75, 3.05) is 6.61 Å². The molecule has 5 aromatic carbocycles. The molecule has 0 aromatic heterocycles. The highest BCUT2D eigenvalue weighted by atomic mass is 16.8. The molecule has 13 atom stereocenters. The van der Waals surface area contributed by atoms with Crippen molar-refractivity contribution in [3.8, 4) is 0 Å². The third-order valence-electron chi connectivity index (χ3n) is 10.1. The molecule has 0 saturated carbocycles. The van der Waals surface area contributed by atoms with Gasteiger partial charge in [0, 0.05) is 6.92 Å². The first kappa shape index (κ1) is 39.4. The molecule has 60 heavy (non-hydrogen) atoms. The molecule has 2 aliphatic heterocycles. The summed E-state index contributed by atoms with van der Waals surface area (Å²) in [5, 5.41) is 11.8. The third-order valence-corrected chi connectivity index (χ3v) is 10.1. The molecule has 0 amide bonds. The molecule has 0 radical (unpaired) electrons. The Morgan fingerprint density at radius 2 is 0.933 bits per heavy atom. The second kappa shape index (κ2) is 22.2. The Morgan fingerprint density at radius 3 is 1.40 bits per heavy atom. The number of aliphatic hydroxyl groups is 1. The molecule has 2 fully saturated rings. The minimum Gasteiger partial charge on any atom is -0.463 e. The zero-order valence-electron chi connectivity index (χ0n) is 36.6. The van der Waals surface area contributed by atoms with Gasteiger partial charge in [0.05, 0.1) is 43.2 Å². The summed E-state index contributed by atoms with van der Waals surface area (Å²) in [6.45, 7) is -0.968. The molecule has 2 heterocycles. The molecule has 0 spiro atoms. The zero-order chi connectivity index (χ0) is 44.1. The lowest BCUT2D eigenvalue weighted by Crippen LogP contribution is -2.65. The molecule has 0 aliphatic carbocycles. The van der Waals surface area contributed by atoms with E-state index in [1.54, 1.807) is 79.7 Å². The number of carbonyl (C=O) groups is 1. The maximum atomic E-state index is 12.4. The van der Waals surface area contributed by atoms with Crippen molar-refractivity contribution in [2.24, 2.45) is 0 Å². The van der Waals surface area contributed by atoms with Gasteiger partial charge in [-0.25, -0.2) is 0 Å². The SMILES string of the molecule is [2H]C(O[C@H]1[C@H](OC([2H])c2ccccc2)[C@@H](OC([2H])c2ccccc2)C(O[C@@H]2[C@H](OCc3ccccc3)[C@@H](OCc3ccccc3)[C@H](C)O[C@H]2O)O[C@@H]1COC(C)=O)c1ccccc1. The van der Waals surface area contributed by atoms with Crippen LogP contribution in [0.5, 0.6) is 0 Å². The Kier molecular flexibility index (Phi) is 14.5. The largest absolute Gasteiger partial charge is 0.463 e. The lowest BCUT2D eigenvalue weighted by Gasteiger charge is -2.49. The number of hydrogen-bond acceptors (Lipinski definition) is 11. The maximum absolute atomic E-state index is 12.4. The van der Waals surface area contributed by atoms with Crippen molar-refractivity contribution in [3.05, 3.63) is 179 Å². The van der Waals surface area contributed by atoms with E-state index in [-0.39, 0.29) is 19.8 Å². The topological polar surface area (TPSA) is 120 Å². The summed E-state index contributed by atoms with van der Waals surface area (Å²) in [6, 6.07) is 45.7. The van der Waals surface area contributed by atoms with Crippen LogP contribution in [-0.2, 0) is 80.4 Å². The van der Waals surface area contributed by atoms with Crippen LogP contribution >= 0.6 is 0 Å². The van der Waals surface area contributed by atoms with Gasteiger partial charge in [-0.05, 0) is 34.7 Å². The van der Waals surface area contributed by atoms with Crippen LogP contribution in [0.3, 0.4) is 0 Å². The Hall–Kier alpha value is -4.79. The summed E-state index contributed by atoms with van der Waals surface area (Å²) in [6.07, 6.45) is -11.9. The van der Waals surface area contributed by atoms with Crippen LogP contribution in [0.2, 0.25) is 0 Å². The average Bonchev–Trinajstić information content (AvgIpc) is 3.31. The van der Waals surface area contributed by atoms with Gasteiger partial charge in [0.2, 0.25) is 0 Å². The van der Waals surface area contributed by atoms with E-state index in [2.05, 4.69) is 0 Å². The fourth-order valence-corrected chi connectivity index (χ4v) is 7.10. The summed E-state index contributed by atoms with van der Waals surface area (Å²) in [5.74, 6) is -0.605. The number of esters is 1. The molecule has 7 rings (SSSR count). The third kappa shape index (κ3) is 12.2. The highest BCUT2D eigenvalue weighted by Crippen LogP contribution is 2.36. The maximum Gasteiger partial charge on any atom is 0.302 e. The van der Waals surface area contributed by atoms with Gasteiger partial charge in [0.25, 0.3) is 0 Å². The van der Waals surface area contributed by atoms with E-state index in [1.807, 2.05) is 78.9 Å². The molecular weight excluding hydrogens is 765 g/mol. The Labute approximate surface area is 356 Å². The van der Waals surface area contributed by atoms with Crippen molar-refractivity contribution in [2.45, 2.75) is 108 Å². The van der Waals surface area contributed by atoms with Gasteiger partial charge < -0.3 is 47.7 Å². The highest BCUT2D eigenvalue weighted by Gasteiger charge is 2.53. The van der Waals surface area contributed by atoms with Gasteiger partial charge in [0.15, 0.2) is 12.6 Å². The number of hydrogen-bond donors (Lipinski definition) is 1. The van der Waals surface area contributed by atoms with E-state index in [0.29, 0.717) is 16.7 Å². The lowest BCUT2D eigenvalue weighted by atomic mass is 9.96. The summed E-state index contributed by atoms with van der Waals surface area (Å²) in [4.78, 5) is 12.4. The van der Waals surface area contributed by atoms with Crippen molar-refractivity contribution in [1.29, 1.82) is 0 Å². The van der Waals surface area contributed by atoms with Crippen LogP contribution in [0.1, 0.15) is 45.8 Å². The second-order valence-corrected chi connectivity index (χ2v) is 14.6. The number of aliphatic hydroxyl groups excluding tert-OH is 1. The van der Waals surface area contributed by atoms with Crippen molar-refractivity contribution in [3.63, 3.8) is 0 Å². The van der Waals surface area contributed by atoms with E-state index < -0.39 is 87.1 Å². The number of ether oxygens (including phenoxy) is 9. The monoisotopic (exact) mass is 821 g/mol. The van der Waals surface area contributed by atoms with E-state index in [0.717, 1.165) is 11.1 Å². The molecule has 2 saturated heterocycles. The minimum absolute atomic E-state index is 0.128.